The third kappa shape index (κ3) is 3.39. The highest BCUT2D eigenvalue weighted by Crippen LogP contribution is 2.29. The van der Waals surface area contributed by atoms with Gasteiger partial charge in [0.25, 0.3) is 5.91 Å². The van der Waals surface area contributed by atoms with Crippen molar-refractivity contribution in [3.63, 3.8) is 0 Å². The molecule has 0 aliphatic carbocycles. The predicted molar refractivity (Wildman–Crippen MR) is 75.4 cm³/mol. The van der Waals surface area contributed by atoms with E-state index in [9.17, 15) is 22.8 Å². The van der Waals surface area contributed by atoms with Gasteiger partial charge in [0.2, 0.25) is 0 Å². The van der Waals surface area contributed by atoms with Crippen LogP contribution in [0.15, 0.2) is 12.3 Å². The molecule has 0 unspecified atom stereocenters. The second-order valence-electron chi connectivity index (χ2n) is 4.73. The van der Waals surface area contributed by atoms with Gasteiger partial charge in [-0.05, 0) is 6.92 Å². The topological polar surface area (TPSA) is 91.0 Å². The fourth-order valence-corrected chi connectivity index (χ4v) is 1.95. The number of aryl methyl sites for hydroxylation is 2. The summed E-state index contributed by atoms with van der Waals surface area (Å²) < 4.78 is 44.7. The van der Waals surface area contributed by atoms with Crippen LogP contribution < -0.4 is 5.32 Å². The SMILES string of the molecule is CCn1cc(NC(=O)c2cc(C(F)(F)F)n(C)n2)c(C(=O)OC)n1. The van der Waals surface area contributed by atoms with Crippen molar-refractivity contribution in [1.29, 1.82) is 0 Å². The largest absolute Gasteiger partial charge is 0.464 e. The molecule has 0 fully saturated rings. The number of hydrogen-bond donors (Lipinski definition) is 1. The van der Waals surface area contributed by atoms with Gasteiger partial charge in [-0.2, -0.15) is 23.4 Å². The number of nitrogens with zero attached hydrogens (tertiary/aromatic N) is 4. The molecule has 2 rings (SSSR count). The Morgan fingerprint density at radius 3 is 2.50 bits per heavy atom. The van der Waals surface area contributed by atoms with Crippen LogP contribution >= 0.6 is 0 Å². The lowest BCUT2D eigenvalue weighted by Gasteiger charge is -2.04. The zero-order valence-electron chi connectivity index (χ0n) is 13.0. The molecule has 0 radical (unpaired) electrons. The van der Waals surface area contributed by atoms with E-state index < -0.39 is 29.4 Å². The van der Waals surface area contributed by atoms with Crippen LogP contribution in [0.4, 0.5) is 18.9 Å². The van der Waals surface area contributed by atoms with E-state index in [0.29, 0.717) is 17.3 Å². The third-order valence-corrected chi connectivity index (χ3v) is 3.12. The highest BCUT2D eigenvalue weighted by Gasteiger charge is 2.36. The van der Waals surface area contributed by atoms with Crippen molar-refractivity contribution in [2.45, 2.75) is 19.6 Å². The van der Waals surface area contributed by atoms with E-state index in [1.165, 1.54) is 10.9 Å². The minimum Gasteiger partial charge on any atom is -0.464 e. The third-order valence-electron chi connectivity index (χ3n) is 3.12. The number of amides is 1. The summed E-state index contributed by atoms with van der Waals surface area (Å²) in [5, 5.41) is 9.79. The maximum Gasteiger partial charge on any atom is 0.433 e. The van der Waals surface area contributed by atoms with E-state index in [1.54, 1.807) is 6.92 Å². The standard InChI is InChI=1S/C13H14F3N5O3/c1-4-21-6-8(10(19-21)12(23)24-3)17-11(22)7-5-9(13(14,15)16)20(2)18-7/h5-6H,4H2,1-3H3,(H,17,22). The number of rotatable bonds is 4. The summed E-state index contributed by atoms with van der Waals surface area (Å²) in [5.41, 5.74) is -1.64. The van der Waals surface area contributed by atoms with Crippen LogP contribution in [0.5, 0.6) is 0 Å². The molecule has 0 bridgehead atoms. The Labute approximate surface area is 134 Å². The number of esters is 1. The minimum absolute atomic E-state index is 0.0212. The van der Waals surface area contributed by atoms with Gasteiger partial charge in [-0.3, -0.25) is 14.2 Å². The van der Waals surface area contributed by atoms with Gasteiger partial charge < -0.3 is 10.1 Å². The Balaban J connectivity index is 2.30. The first-order valence-corrected chi connectivity index (χ1v) is 6.75. The Hall–Kier alpha value is -2.85. The monoisotopic (exact) mass is 345 g/mol. The summed E-state index contributed by atoms with van der Waals surface area (Å²) in [5.74, 6) is -1.68. The van der Waals surface area contributed by atoms with Crippen LogP contribution in [0.2, 0.25) is 0 Å². The maximum atomic E-state index is 12.8. The molecule has 24 heavy (non-hydrogen) atoms. The van der Waals surface area contributed by atoms with Crippen molar-refractivity contribution in [2.75, 3.05) is 12.4 Å². The van der Waals surface area contributed by atoms with Gasteiger partial charge in [-0.1, -0.05) is 0 Å². The van der Waals surface area contributed by atoms with Crippen molar-refractivity contribution in [1.82, 2.24) is 19.6 Å². The van der Waals surface area contributed by atoms with Gasteiger partial charge in [-0.25, -0.2) is 4.79 Å². The van der Waals surface area contributed by atoms with Gasteiger partial charge in [0.15, 0.2) is 11.4 Å². The fourth-order valence-electron chi connectivity index (χ4n) is 1.95. The molecule has 0 aliphatic rings. The molecule has 0 spiro atoms. The molecule has 2 heterocycles. The molecule has 0 saturated carbocycles. The van der Waals surface area contributed by atoms with Crippen molar-refractivity contribution in [2.24, 2.45) is 7.05 Å². The van der Waals surface area contributed by atoms with Crippen LogP contribution in [0.3, 0.4) is 0 Å². The number of carbonyl (C=O) groups is 2. The molecule has 2 aromatic heterocycles. The molecule has 0 atom stereocenters. The molecule has 0 saturated heterocycles. The van der Waals surface area contributed by atoms with Crippen LogP contribution in [0.25, 0.3) is 0 Å². The first-order valence-electron chi connectivity index (χ1n) is 6.75. The van der Waals surface area contributed by atoms with Gasteiger partial charge >= 0.3 is 12.1 Å². The molecule has 0 aromatic carbocycles. The summed E-state index contributed by atoms with van der Waals surface area (Å²) in [7, 11) is 2.22. The molecule has 8 nitrogen and oxygen atoms in total. The molecule has 1 amide bonds. The molecule has 1 N–H and O–H groups in total. The number of ether oxygens (including phenoxy) is 1. The lowest BCUT2D eigenvalue weighted by Crippen LogP contribution is -2.15. The Morgan fingerprint density at radius 2 is 2.00 bits per heavy atom. The van der Waals surface area contributed by atoms with Crippen molar-refractivity contribution in [3.05, 3.63) is 29.3 Å². The average Bonchev–Trinajstić information content (AvgIpc) is 3.09. The van der Waals surface area contributed by atoms with E-state index in [0.717, 1.165) is 14.2 Å². The highest BCUT2D eigenvalue weighted by molar-refractivity contribution is 6.06. The minimum atomic E-state index is -4.63. The van der Waals surface area contributed by atoms with Crippen LogP contribution in [0, 0.1) is 0 Å². The second-order valence-corrected chi connectivity index (χ2v) is 4.73. The Kier molecular flexibility index (Phi) is 4.62. The zero-order chi connectivity index (χ0) is 18.1. The summed E-state index contributed by atoms with van der Waals surface area (Å²) >= 11 is 0. The molecule has 130 valence electrons. The maximum absolute atomic E-state index is 12.8. The van der Waals surface area contributed by atoms with Gasteiger partial charge in [0.05, 0.1) is 12.8 Å². The Morgan fingerprint density at radius 1 is 1.33 bits per heavy atom. The zero-order valence-corrected chi connectivity index (χ0v) is 13.0. The Bertz CT molecular complexity index is 778. The van der Waals surface area contributed by atoms with Crippen molar-refractivity contribution < 1.29 is 27.5 Å². The number of aromatic nitrogens is 4. The lowest BCUT2D eigenvalue weighted by atomic mass is 10.3. The number of halogens is 3. The summed E-state index contributed by atoms with van der Waals surface area (Å²) in [6.07, 6.45) is -3.26. The average molecular weight is 345 g/mol. The van der Waals surface area contributed by atoms with E-state index in [4.69, 9.17) is 0 Å². The van der Waals surface area contributed by atoms with Crippen molar-refractivity contribution >= 4 is 17.6 Å². The number of hydrogen-bond acceptors (Lipinski definition) is 5. The quantitative estimate of drug-likeness (QED) is 0.852. The lowest BCUT2D eigenvalue weighted by molar-refractivity contribution is -0.143. The van der Waals surface area contributed by atoms with E-state index in [-0.39, 0.29) is 11.4 Å². The number of alkyl halides is 3. The number of carbonyl (C=O) groups excluding carboxylic acids is 2. The first kappa shape index (κ1) is 17.5. The molecule has 2 aromatic rings. The molecular formula is C13H14F3N5O3. The highest BCUT2D eigenvalue weighted by atomic mass is 19.4. The van der Waals surface area contributed by atoms with Gasteiger partial charge in [0.1, 0.15) is 5.69 Å². The summed E-state index contributed by atoms with van der Waals surface area (Å²) in [6, 6.07) is 0.622. The van der Waals surface area contributed by atoms with Crippen LogP contribution in [-0.2, 0) is 24.5 Å². The predicted octanol–water partition coefficient (Wildman–Crippen LogP) is 1.69. The van der Waals surface area contributed by atoms with Crippen LogP contribution in [0.1, 0.15) is 33.6 Å². The van der Waals surface area contributed by atoms with E-state index >= 15 is 0 Å². The first-order chi connectivity index (χ1) is 11.2. The summed E-state index contributed by atoms with van der Waals surface area (Å²) in [4.78, 5) is 23.8. The smallest absolute Gasteiger partial charge is 0.433 e. The van der Waals surface area contributed by atoms with Gasteiger partial charge in [0, 0.05) is 25.9 Å². The molecular weight excluding hydrogens is 331 g/mol. The fraction of sp³-hybridized carbons (Fsp3) is 0.385. The number of nitrogens with one attached hydrogen (secondary N) is 1. The number of anilines is 1. The van der Waals surface area contributed by atoms with Gasteiger partial charge in [-0.15, -0.1) is 0 Å². The molecule has 11 heteroatoms. The molecule has 0 aliphatic heterocycles. The summed E-state index contributed by atoms with van der Waals surface area (Å²) in [6.45, 7) is 2.18. The van der Waals surface area contributed by atoms with Crippen molar-refractivity contribution in [3.8, 4) is 0 Å². The normalized spacial score (nSPS) is 11.4. The van der Waals surface area contributed by atoms with E-state index in [1.807, 2.05) is 0 Å². The van der Waals surface area contributed by atoms with Crippen LogP contribution in [-0.4, -0.2) is 38.5 Å². The number of methoxy groups -OCH3 is 1. The van der Waals surface area contributed by atoms with E-state index in [2.05, 4.69) is 20.3 Å². The second kappa shape index (κ2) is 6.34.